The average molecular weight is 311 g/mol. The van der Waals surface area contributed by atoms with Gasteiger partial charge in [0.05, 0.1) is 0 Å². The molecule has 4 heteroatoms. The minimum Gasteiger partial charge on any atom is -0.342 e. The van der Waals surface area contributed by atoms with E-state index in [1.165, 1.54) is 16.7 Å². The summed E-state index contributed by atoms with van der Waals surface area (Å²) in [4.78, 5) is 14.6. The second-order valence-electron chi connectivity index (χ2n) is 6.62. The molecule has 0 spiro atoms. The predicted molar refractivity (Wildman–Crippen MR) is 91.4 cm³/mol. The van der Waals surface area contributed by atoms with Gasteiger partial charge in [0.1, 0.15) is 0 Å². The molecule has 3 rings (SSSR count). The van der Waals surface area contributed by atoms with Crippen LogP contribution in [0.1, 0.15) is 47.6 Å². The summed E-state index contributed by atoms with van der Waals surface area (Å²) in [6, 6.07) is 8.49. The molecular formula is C19H25N3O. The number of H-pyrrole nitrogens is 1. The number of benzene rings is 1. The summed E-state index contributed by atoms with van der Waals surface area (Å²) in [5.74, 6) is 0.672. The molecule has 2 heterocycles. The van der Waals surface area contributed by atoms with Crippen molar-refractivity contribution >= 4 is 5.91 Å². The zero-order valence-corrected chi connectivity index (χ0v) is 14.0. The van der Waals surface area contributed by atoms with E-state index < -0.39 is 0 Å². The minimum atomic E-state index is 0.272. The minimum absolute atomic E-state index is 0.272. The molecule has 1 fully saturated rings. The van der Waals surface area contributed by atoms with Gasteiger partial charge in [0.15, 0.2) is 0 Å². The van der Waals surface area contributed by atoms with Crippen molar-refractivity contribution in [1.82, 2.24) is 15.1 Å². The Balaban J connectivity index is 1.57. The summed E-state index contributed by atoms with van der Waals surface area (Å²) < 4.78 is 0. The Morgan fingerprint density at radius 2 is 2.22 bits per heavy atom. The lowest BCUT2D eigenvalue weighted by Gasteiger charge is -2.32. The van der Waals surface area contributed by atoms with Crippen molar-refractivity contribution in [3.05, 3.63) is 52.8 Å². The fraction of sp³-hybridized carbons (Fsp3) is 0.474. The fourth-order valence-electron chi connectivity index (χ4n) is 3.48. The Morgan fingerprint density at radius 3 is 2.96 bits per heavy atom. The number of likely N-dealkylation sites (tertiary alicyclic amines) is 1. The Bertz CT molecular complexity index is 663. The lowest BCUT2D eigenvalue weighted by atomic mass is 9.94. The van der Waals surface area contributed by atoms with Crippen molar-refractivity contribution in [1.29, 1.82) is 0 Å². The standard InChI is InChI=1S/C19H25N3O/c1-14-5-6-16(15(2)12-14)7-8-19(23)22-11-3-4-17(13-22)18-9-10-20-21-18/h5-6,9-10,12,17H,3-4,7-8,11,13H2,1-2H3,(H,20,21)/t17-/m1/s1. The van der Waals surface area contributed by atoms with Gasteiger partial charge in [0, 0.05) is 37.3 Å². The number of nitrogens with zero attached hydrogens (tertiary/aromatic N) is 2. The highest BCUT2D eigenvalue weighted by Crippen LogP contribution is 2.25. The van der Waals surface area contributed by atoms with Gasteiger partial charge in [-0.3, -0.25) is 9.89 Å². The molecule has 1 aliphatic heterocycles. The highest BCUT2D eigenvalue weighted by atomic mass is 16.2. The van der Waals surface area contributed by atoms with Gasteiger partial charge >= 0.3 is 0 Å². The van der Waals surface area contributed by atoms with Crippen LogP contribution in [0.5, 0.6) is 0 Å². The average Bonchev–Trinajstić information content (AvgIpc) is 3.08. The van der Waals surface area contributed by atoms with Crippen LogP contribution in [0.25, 0.3) is 0 Å². The predicted octanol–water partition coefficient (Wildman–Crippen LogP) is 3.37. The second kappa shape index (κ2) is 6.99. The first kappa shape index (κ1) is 15.8. The van der Waals surface area contributed by atoms with E-state index in [9.17, 15) is 4.79 Å². The quantitative estimate of drug-likeness (QED) is 0.941. The van der Waals surface area contributed by atoms with Crippen molar-refractivity contribution in [3.63, 3.8) is 0 Å². The fourth-order valence-corrected chi connectivity index (χ4v) is 3.48. The van der Waals surface area contributed by atoms with Crippen molar-refractivity contribution in [2.45, 2.75) is 45.4 Å². The molecule has 1 aromatic carbocycles. The van der Waals surface area contributed by atoms with E-state index in [1.54, 1.807) is 6.20 Å². The third-order valence-electron chi connectivity index (χ3n) is 4.84. The first-order valence-corrected chi connectivity index (χ1v) is 8.46. The molecule has 1 aromatic heterocycles. The Labute approximate surface area is 137 Å². The number of aryl methyl sites for hydroxylation is 3. The first-order valence-electron chi connectivity index (χ1n) is 8.46. The molecule has 122 valence electrons. The van der Waals surface area contributed by atoms with Crippen molar-refractivity contribution in [2.75, 3.05) is 13.1 Å². The van der Waals surface area contributed by atoms with Crippen molar-refractivity contribution in [2.24, 2.45) is 0 Å². The number of rotatable bonds is 4. The highest BCUT2D eigenvalue weighted by molar-refractivity contribution is 5.76. The maximum Gasteiger partial charge on any atom is 0.222 e. The number of carbonyl (C=O) groups is 1. The molecule has 0 radical (unpaired) electrons. The highest BCUT2D eigenvalue weighted by Gasteiger charge is 2.25. The number of nitrogens with one attached hydrogen (secondary N) is 1. The van der Waals surface area contributed by atoms with Gasteiger partial charge in [-0.2, -0.15) is 5.10 Å². The zero-order valence-electron chi connectivity index (χ0n) is 14.0. The second-order valence-corrected chi connectivity index (χ2v) is 6.62. The van der Waals surface area contributed by atoms with E-state index in [0.717, 1.165) is 38.0 Å². The first-order chi connectivity index (χ1) is 11.1. The monoisotopic (exact) mass is 311 g/mol. The molecule has 0 bridgehead atoms. The molecule has 0 saturated carbocycles. The van der Waals surface area contributed by atoms with Gasteiger partial charge in [0.25, 0.3) is 0 Å². The van der Waals surface area contributed by atoms with Crippen LogP contribution >= 0.6 is 0 Å². The molecule has 1 aliphatic rings. The number of aromatic nitrogens is 2. The largest absolute Gasteiger partial charge is 0.342 e. The number of carbonyl (C=O) groups excluding carboxylic acids is 1. The maximum atomic E-state index is 12.6. The Kier molecular flexibility index (Phi) is 4.79. The number of amides is 1. The van der Waals surface area contributed by atoms with E-state index in [0.29, 0.717) is 12.3 Å². The molecule has 1 atom stereocenters. The SMILES string of the molecule is Cc1ccc(CCC(=O)N2CCC[C@@H](c3ccn[nH]3)C2)c(C)c1. The Morgan fingerprint density at radius 1 is 1.35 bits per heavy atom. The van der Waals surface area contributed by atoms with Crippen LogP contribution in [-0.2, 0) is 11.2 Å². The van der Waals surface area contributed by atoms with Crippen molar-refractivity contribution in [3.8, 4) is 0 Å². The third-order valence-corrected chi connectivity index (χ3v) is 4.84. The van der Waals surface area contributed by atoms with Crippen LogP contribution in [0.2, 0.25) is 0 Å². The summed E-state index contributed by atoms with van der Waals surface area (Å²) in [6.07, 6.45) is 5.41. The molecule has 23 heavy (non-hydrogen) atoms. The van der Waals surface area contributed by atoms with E-state index in [2.05, 4.69) is 42.2 Å². The molecule has 1 N–H and O–H groups in total. The summed E-state index contributed by atoms with van der Waals surface area (Å²) in [6.45, 7) is 5.93. The van der Waals surface area contributed by atoms with Crippen LogP contribution in [0, 0.1) is 13.8 Å². The van der Waals surface area contributed by atoms with Crippen LogP contribution in [-0.4, -0.2) is 34.1 Å². The van der Waals surface area contributed by atoms with Crippen LogP contribution < -0.4 is 0 Å². The van der Waals surface area contributed by atoms with Gasteiger partial charge in [-0.05, 0) is 50.3 Å². The molecular weight excluding hydrogens is 286 g/mol. The maximum absolute atomic E-state index is 12.6. The van der Waals surface area contributed by atoms with Crippen LogP contribution in [0.15, 0.2) is 30.5 Å². The zero-order chi connectivity index (χ0) is 16.2. The molecule has 1 amide bonds. The van der Waals surface area contributed by atoms with Gasteiger partial charge in [-0.25, -0.2) is 0 Å². The summed E-state index contributed by atoms with van der Waals surface area (Å²) in [5, 5.41) is 7.08. The van der Waals surface area contributed by atoms with E-state index in [-0.39, 0.29) is 5.91 Å². The number of hydrogen-bond donors (Lipinski definition) is 1. The van der Waals surface area contributed by atoms with Gasteiger partial charge in [-0.15, -0.1) is 0 Å². The molecule has 1 saturated heterocycles. The number of hydrogen-bond acceptors (Lipinski definition) is 2. The van der Waals surface area contributed by atoms with Crippen molar-refractivity contribution < 1.29 is 4.79 Å². The smallest absolute Gasteiger partial charge is 0.222 e. The van der Waals surface area contributed by atoms with Crippen LogP contribution in [0.4, 0.5) is 0 Å². The lowest BCUT2D eigenvalue weighted by Crippen LogP contribution is -2.39. The van der Waals surface area contributed by atoms with Gasteiger partial charge in [0.2, 0.25) is 5.91 Å². The summed E-state index contributed by atoms with van der Waals surface area (Å²) in [5.41, 5.74) is 4.99. The van der Waals surface area contributed by atoms with E-state index in [1.807, 2.05) is 11.0 Å². The van der Waals surface area contributed by atoms with E-state index >= 15 is 0 Å². The lowest BCUT2D eigenvalue weighted by molar-refractivity contribution is -0.132. The summed E-state index contributed by atoms with van der Waals surface area (Å²) >= 11 is 0. The number of aromatic amines is 1. The third kappa shape index (κ3) is 3.81. The molecule has 0 unspecified atom stereocenters. The molecule has 4 nitrogen and oxygen atoms in total. The molecule has 0 aliphatic carbocycles. The normalized spacial score (nSPS) is 18.2. The van der Waals surface area contributed by atoms with Gasteiger partial charge in [-0.1, -0.05) is 23.8 Å². The Hall–Kier alpha value is -2.10. The van der Waals surface area contributed by atoms with Crippen LogP contribution in [0.3, 0.4) is 0 Å². The van der Waals surface area contributed by atoms with E-state index in [4.69, 9.17) is 0 Å². The topological polar surface area (TPSA) is 49.0 Å². The number of piperidine rings is 1. The summed E-state index contributed by atoms with van der Waals surface area (Å²) in [7, 11) is 0. The van der Waals surface area contributed by atoms with Gasteiger partial charge < -0.3 is 4.90 Å². The molecule has 2 aromatic rings.